The van der Waals surface area contributed by atoms with Gasteiger partial charge in [-0.2, -0.15) is 0 Å². The number of carbonyl (C=O) groups excluding carboxylic acids is 1. The van der Waals surface area contributed by atoms with Crippen LogP contribution in [0.2, 0.25) is 5.02 Å². The molecule has 2 aromatic rings. The first-order valence-electron chi connectivity index (χ1n) is 5.62. The van der Waals surface area contributed by atoms with Crippen molar-refractivity contribution in [1.29, 1.82) is 0 Å². The summed E-state index contributed by atoms with van der Waals surface area (Å²) in [6, 6.07) is 7.40. The summed E-state index contributed by atoms with van der Waals surface area (Å²) < 4.78 is 13.4. The number of halogens is 3. The third-order valence-corrected chi connectivity index (χ3v) is 3.41. The third kappa shape index (κ3) is 3.26. The van der Waals surface area contributed by atoms with Crippen molar-refractivity contribution >= 4 is 44.9 Å². The zero-order valence-corrected chi connectivity index (χ0v) is 12.7. The molecule has 7 heteroatoms. The first-order valence-corrected chi connectivity index (χ1v) is 6.79. The van der Waals surface area contributed by atoms with Gasteiger partial charge >= 0.3 is 0 Å². The maximum absolute atomic E-state index is 13.1. The van der Waals surface area contributed by atoms with Gasteiger partial charge in [-0.3, -0.25) is 4.79 Å². The number of pyridine rings is 1. The fraction of sp³-hybridized carbons (Fsp3) is 0.0769. The molecule has 0 spiro atoms. The number of amides is 1. The van der Waals surface area contributed by atoms with Crippen molar-refractivity contribution in [1.82, 2.24) is 4.98 Å². The second-order valence-corrected chi connectivity index (χ2v) is 5.12. The highest BCUT2D eigenvalue weighted by atomic mass is 79.9. The summed E-state index contributed by atoms with van der Waals surface area (Å²) >= 11 is 9.00. The van der Waals surface area contributed by atoms with E-state index >= 15 is 0 Å². The van der Waals surface area contributed by atoms with Crippen LogP contribution in [-0.2, 0) is 0 Å². The number of carbonyl (C=O) groups is 1. The van der Waals surface area contributed by atoms with E-state index in [1.54, 1.807) is 19.2 Å². The summed E-state index contributed by atoms with van der Waals surface area (Å²) in [5.74, 6) is -0.346. The molecule has 104 valence electrons. The van der Waals surface area contributed by atoms with Gasteiger partial charge in [0, 0.05) is 12.7 Å². The van der Waals surface area contributed by atoms with Crippen molar-refractivity contribution in [3.8, 4) is 0 Å². The van der Waals surface area contributed by atoms with Crippen LogP contribution in [-0.4, -0.2) is 17.9 Å². The standard InChI is InChI=1S/C13H10BrClFN3O/c1-17-11-5-3-9(15)12(19-11)13(20)18-7-2-4-10(16)8(14)6-7/h2-6H,1H3,(H,17,19)(H,18,20). The number of hydrogen-bond acceptors (Lipinski definition) is 3. The van der Waals surface area contributed by atoms with E-state index in [0.29, 0.717) is 11.5 Å². The average Bonchev–Trinajstić information content (AvgIpc) is 2.43. The zero-order valence-electron chi connectivity index (χ0n) is 10.4. The monoisotopic (exact) mass is 357 g/mol. The minimum Gasteiger partial charge on any atom is -0.373 e. The van der Waals surface area contributed by atoms with E-state index in [9.17, 15) is 9.18 Å². The van der Waals surface area contributed by atoms with Gasteiger partial charge in [0.15, 0.2) is 0 Å². The molecule has 0 radical (unpaired) electrons. The summed E-state index contributed by atoms with van der Waals surface area (Å²) in [7, 11) is 1.69. The SMILES string of the molecule is CNc1ccc(Cl)c(C(=O)Nc2ccc(F)c(Br)c2)n1. The van der Waals surface area contributed by atoms with Crippen LogP contribution in [0.5, 0.6) is 0 Å². The van der Waals surface area contributed by atoms with Gasteiger partial charge in [0.1, 0.15) is 17.3 Å². The average molecular weight is 359 g/mol. The molecule has 0 aliphatic rings. The topological polar surface area (TPSA) is 54.0 Å². The molecular weight excluding hydrogens is 349 g/mol. The highest BCUT2D eigenvalue weighted by Crippen LogP contribution is 2.22. The van der Waals surface area contributed by atoms with Crippen LogP contribution in [0.4, 0.5) is 15.9 Å². The van der Waals surface area contributed by atoms with Gasteiger partial charge in [-0.25, -0.2) is 9.37 Å². The molecule has 0 unspecified atom stereocenters. The van der Waals surface area contributed by atoms with Gasteiger partial charge in [-0.15, -0.1) is 0 Å². The molecule has 1 aromatic heterocycles. The molecule has 0 atom stereocenters. The Kier molecular flexibility index (Phi) is 4.57. The molecule has 20 heavy (non-hydrogen) atoms. The highest BCUT2D eigenvalue weighted by molar-refractivity contribution is 9.10. The van der Waals surface area contributed by atoms with E-state index in [2.05, 4.69) is 31.5 Å². The van der Waals surface area contributed by atoms with Crippen LogP contribution in [0, 0.1) is 5.82 Å². The van der Waals surface area contributed by atoms with E-state index in [-0.39, 0.29) is 15.2 Å². The number of hydrogen-bond donors (Lipinski definition) is 2. The molecule has 2 rings (SSSR count). The largest absolute Gasteiger partial charge is 0.373 e. The smallest absolute Gasteiger partial charge is 0.275 e. The van der Waals surface area contributed by atoms with Crippen molar-refractivity contribution in [3.63, 3.8) is 0 Å². The summed E-state index contributed by atoms with van der Waals surface area (Å²) in [6.45, 7) is 0. The molecule has 0 saturated carbocycles. The molecule has 2 N–H and O–H groups in total. The molecule has 1 heterocycles. The fourth-order valence-electron chi connectivity index (χ4n) is 1.50. The zero-order chi connectivity index (χ0) is 14.7. The molecular formula is C13H10BrClFN3O. The molecule has 0 fully saturated rings. The van der Waals surface area contributed by atoms with Crippen molar-refractivity contribution in [3.05, 3.63) is 51.3 Å². The summed E-state index contributed by atoms with van der Waals surface area (Å²) in [4.78, 5) is 16.2. The van der Waals surface area contributed by atoms with Crippen LogP contribution in [0.15, 0.2) is 34.8 Å². The van der Waals surface area contributed by atoms with Crippen LogP contribution >= 0.6 is 27.5 Å². The summed E-state index contributed by atoms with van der Waals surface area (Å²) in [6.07, 6.45) is 0. The number of nitrogens with one attached hydrogen (secondary N) is 2. The predicted octanol–water partition coefficient (Wildman–Crippen LogP) is 3.93. The Balaban J connectivity index is 2.25. The van der Waals surface area contributed by atoms with E-state index in [1.807, 2.05) is 0 Å². The quantitative estimate of drug-likeness (QED) is 0.874. The van der Waals surface area contributed by atoms with Crippen molar-refractivity contribution < 1.29 is 9.18 Å². The maximum atomic E-state index is 13.1. The van der Waals surface area contributed by atoms with Crippen LogP contribution in [0.25, 0.3) is 0 Å². The summed E-state index contributed by atoms with van der Waals surface area (Å²) in [5, 5.41) is 5.67. The summed E-state index contributed by atoms with van der Waals surface area (Å²) in [5.41, 5.74) is 0.537. The van der Waals surface area contributed by atoms with Crippen LogP contribution in [0.1, 0.15) is 10.5 Å². The van der Waals surface area contributed by atoms with Gasteiger partial charge in [-0.05, 0) is 46.3 Å². The third-order valence-electron chi connectivity index (χ3n) is 2.49. The van der Waals surface area contributed by atoms with Crippen molar-refractivity contribution in [2.45, 2.75) is 0 Å². The number of aromatic nitrogens is 1. The molecule has 1 amide bonds. The Bertz CT molecular complexity index is 666. The lowest BCUT2D eigenvalue weighted by Gasteiger charge is -2.08. The predicted molar refractivity (Wildman–Crippen MR) is 80.8 cm³/mol. The molecule has 0 aliphatic carbocycles. The normalized spacial score (nSPS) is 10.2. The highest BCUT2D eigenvalue weighted by Gasteiger charge is 2.14. The van der Waals surface area contributed by atoms with Crippen LogP contribution in [0.3, 0.4) is 0 Å². The lowest BCUT2D eigenvalue weighted by molar-refractivity contribution is 0.102. The Morgan fingerprint density at radius 2 is 2.10 bits per heavy atom. The van der Waals surface area contributed by atoms with Gasteiger partial charge in [0.05, 0.1) is 9.50 Å². The molecule has 0 bridgehead atoms. The number of anilines is 2. The van der Waals surface area contributed by atoms with Gasteiger partial charge < -0.3 is 10.6 Å². The Hall–Kier alpha value is -1.66. The minimum atomic E-state index is -0.467. The van der Waals surface area contributed by atoms with Gasteiger partial charge in [-0.1, -0.05) is 11.6 Å². The van der Waals surface area contributed by atoms with Crippen LogP contribution < -0.4 is 10.6 Å². The molecule has 0 aliphatic heterocycles. The molecule has 4 nitrogen and oxygen atoms in total. The van der Waals surface area contributed by atoms with Gasteiger partial charge in [0.2, 0.25) is 0 Å². The lowest BCUT2D eigenvalue weighted by Crippen LogP contribution is -2.15. The van der Waals surface area contributed by atoms with E-state index in [1.165, 1.54) is 18.2 Å². The molecule has 1 aromatic carbocycles. The Morgan fingerprint density at radius 3 is 2.75 bits per heavy atom. The molecule has 0 saturated heterocycles. The lowest BCUT2D eigenvalue weighted by atomic mass is 10.3. The number of benzene rings is 1. The fourth-order valence-corrected chi connectivity index (χ4v) is 2.07. The Morgan fingerprint density at radius 1 is 1.35 bits per heavy atom. The van der Waals surface area contributed by atoms with Crippen molar-refractivity contribution in [2.24, 2.45) is 0 Å². The first-order chi connectivity index (χ1) is 9.51. The van der Waals surface area contributed by atoms with E-state index in [4.69, 9.17) is 11.6 Å². The van der Waals surface area contributed by atoms with Gasteiger partial charge in [0.25, 0.3) is 5.91 Å². The van der Waals surface area contributed by atoms with E-state index < -0.39 is 11.7 Å². The number of rotatable bonds is 3. The second kappa shape index (κ2) is 6.19. The minimum absolute atomic E-state index is 0.0963. The Labute approximate surface area is 128 Å². The van der Waals surface area contributed by atoms with E-state index in [0.717, 1.165) is 0 Å². The number of nitrogens with zero attached hydrogens (tertiary/aromatic N) is 1. The first kappa shape index (κ1) is 14.7. The van der Waals surface area contributed by atoms with Crippen molar-refractivity contribution in [2.75, 3.05) is 17.7 Å². The maximum Gasteiger partial charge on any atom is 0.275 e. The second-order valence-electron chi connectivity index (χ2n) is 3.86.